The van der Waals surface area contributed by atoms with Crippen molar-refractivity contribution in [3.8, 4) is 33.4 Å². The second-order valence-corrected chi connectivity index (χ2v) is 12.9. The third-order valence-electron chi connectivity index (χ3n) is 9.84. The lowest BCUT2D eigenvalue weighted by atomic mass is 9.78. The number of rotatable bonds is 5. The second-order valence-electron chi connectivity index (χ2n) is 12.9. The number of hydrogen-bond donors (Lipinski definition) is 0. The van der Waals surface area contributed by atoms with Gasteiger partial charge >= 0.3 is 0 Å². The van der Waals surface area contributed by atoms with E-state index < -0.39 is 0 Å². The highest BCUT2D eigenvalue weighted by molar-refractivity contribution is 6.13. The minimum absolute atomic E-state index is 0.140. The molecule has 0 N–H and O–H groups in total. The van der Waals surface area contributed by atoms with Crippen molar-refractivity contribution in [1.82, 2.24) is 0 Å². The molecule has 8 aromatic rings. The van der Waals surface area contributed by atoms with E-state index >= 15 is 0 Å². The van der Waals surface area contributed by atoms with Crippen LogP contribution in [0.1, 0.15) is 25.0 Å². The van der Waals surface area contributed by atoms with Crippen LogP contribution in [0.2, 0.25) is 0 Å². The molecule has 1 aliphatic carbocycles. The summed E-state index contributed by atoms with van der Waals surface area (Å²) in [5, 5.41) is 2.22. The fourth-order valence-corrected chi connectivity index (χ4v) is 7.69. The highest BCUT2D eigenvalue weighted by Gasteiger charge is 2.38. The fraction of sp³-hybridized carbons (Fsp3) is 0.0667. The number of fused-ring (bicyclic) bond motifs is 6. The zero-order valence-corrected chi connectivity index (χ0v) is 26.4. The van der Waals surface area contributed by atoms with Crippen molar-refractivity contribution in [2.45, 2.75) is 19.3 Å². The molecule has 0 spiro atoms. The number of furan rings is 1. The molecule has 47 heavy (non-hydrogen) atoms. The van der Waals surface area contributed by atoms with Crippen LogP contribution in [0.3, 0.4) is 0 Å². The van der Waals surface area contributed by atoms with E-state index in [2.05, 4.69) is 176 Å². The Kier molecular flexibility index (Phi) is 6.20. The van der Waals surface area contributed by atoms with Crippen LogP contribution < -0.4 is 4.90 Å². The van der Waals surface area contributed by atoms with Crippen LogP contribution >= 0.6 is 0 Å². The van der Waals surface area contributed by atoms with E-state index in [1.807, 2.05) is 6.07 Å². The van der Waals surface area contributed by atoms with Gasteiger partial charge in [0.1, 0.15) is 11.2 Å². The van der Waals surface area contributed by atoms with Gasteiger partial charge in [-0.3, -0.25) is 0 Å². The maximum Gasteiger partial charge on any atom is 0.137 e. The zero-order valence-electron chi connectivity index (χ0n) is 26.4. The third kappa shape index (κ3) is 4.33. The normalized spacial score (nSPS) is 13.1. The minimum atomic E-state index is -0.140. The predicted octanol–water partition coefficient (Wildman–Crippen LogP) is 12.7. The number of hydrogen-bond acceptors (Lipinski definition) is 2. The molecule has 0 atom stereocenters. The predicted molar refractivity (Wildman–Crippen MR) is 197 cm³/mol. The van der Waals surface area contributed by atoms with Crippen molar-refractivity contribution >= 4 is 39.0 Å². The molecule has 0 bridgehead atoms. The van der Waals surface area contributed by atoms with Gasteiger partial charge in [-0.1, -0.05) is 135 Å². The van der Waals surface area contributed by atoms with Gasteiger partial charge in [-0.05, 0) is 87.0 Å². The Morgan fingerprint density at radius 3 is 1.87 bits per heavy atom. The van der Waals surface area contributed by atoms with Crippen LogP contribution in [0.25, 0.3) is 55.3 Å². The first-order chi connectivity index (χ1) is 23.1. The van der Waals surface area contributed by atoms with Crippen LogP contribution in [0.15, 0.2) is 168 Å². The zero-order chi connectivity index (χ0) is 31.5. The molecule has 1 aliphatic rings. The molecule has 0 radical (unpaired) electrons. The summed E-state index contributed by atoms with van der Waals surface area (Å²) < 4.78 is 6.41. The summed E-state index contributed by atoms with van der Waals surface area (Å²) in [5.41, 5.74) is 15.1. The van der Waals surface area contributed by atoms with Gasteiger partial charge in [-0.2, -0.15) is 0 Å². The Morgan fingerprint density at radius 2 is 1.09 bits per heavy atom. The van der Waals surface area contributed by atoms with E-state index in [0.29, 0.717) is 0 Å². The summed E-state index contributed by atoms with van der Waals surface area (Å²) in [4.78, 5) is 2.42. The lowest BCUT2D eigenvalue weighted by Gasteiger charge is -2.30. The van der Waals surface area contributed by atoms with Gasteiger partial charge < -0.3 is 9.32 Å². The van der Waals surface area contributed by atoms with Crippen molar-refractivity contribution in [3.05, 3.63) is 175 Å². The minimum Gasteiger partial charge on any atom is -0.456 e. The van der Waals surface area contributed by atoms with Crippen molar-refractivity contribution in [2.75, 3.05) is 4.90 Å². The van der Waals surface area contributed by atoms with Crippen molar-refractivity contribution in [2.24, 2.45) is 0 Å². The molecule has 0 saturated heterocycles. The molecule has 9 rings (SSSR count). The van der Waals surface area contributed by atoms with Crippen LogP contribution in [0.5, 0.6) is 0 Å². The number of nitrogens with zero attached hydrogens (tertiary/aromatic N) is 1. The summed E-state index contributed by atoms with van der Waals surface area (Å²) in [6.07, 6.45) is 0. The Morgan fingerprint density at radius 1 is 0.468 bits per heavy atom. The lowest BCUT2D eigenvalue weighted by molar-refractivity contribution is 0.662. The largest absolute Gasteiger partial charge is 0.456 e. The molecular weight excluding hydrogens is 571 g/mol. The molecular formula is C45H33NO. The maximum atomic E-state index is 6.41. The maximum absolute atomic E-state index is 6.41. The lowest BCUT2D eigenvalue weighted by Crippen LogP contribution is -2.17. The van der Waals surface area contributed by atoms with Crippen molar-refractivity contribution in [1.29, 1.82) is 0 Å². The first kappa shape index (κ1) is 27.5. The Hall–Kier alpha value is -5.86. The summed E-state index contributed by atoms with van der Waals surface area (Å²) >= 11 is 0. The van der Waals surface area contributed by atoms with Crippen LogP contribution in [-0.2, 0) is 5.41 Å². The number of benzene rings is 7. The number of para-hydroxylation sites is 1. The average Bonchev–Trinajstić information content (AvgIpc) is 3.62. The van der Waals surface area contributed by atoms with Gasteiger partial charge in [0.15, 0.2) is 0 Å². The molecule has 0 fully saturated rings. The topological polar surface area (TPSA) is 16.4 Å². The van der Waals surface area contributed by atoms with Gasteiger partial charge in [-0.15, -0.1) is 0 Å². The summed E-state index contributed by atoms with van der Waals surface area (Å²) in [7, 11) is 0. The van der Waals surface area contributed by atoms with E-state index in [1.54, 1.807) is 0 Å². The molecule has 0 amide bonds. The quantitative estimate of drug-likeness (QED) is 0.195. The van der Waals surface area contributed by atoms with E-state index in [9.17, 15) is 0 Å². The summed E-state index contributed by atoms with van der Waals surface area (Å²) in [6, 6.07) is 58.9. The average molecular weight is 604 g/mol. The Balaban J connectivity index is 1.35. The molecule has 0 aliphatic heterocycles. The van der Waals surface area contributed by atoms with E-state index in [-0.39, 0.29) is 5.41 Å². The van der Waals surface area contributed by atoms with Crippen LogP contribution in [0.4, 0.5) is 17.1 Å². The molecule has 1 heterocycles. The Labute approximate surface area is 275 Å². The van der Waals surface area contributed by atoms with Gasteiger partial charge in [0.25, 0.3) is 0 Å². The molecule has 7 aromatic carbocycles. The molecule has 2 heteroatoms. The van der Waals surface area contributed by atoms with Crippen molar-refractivity contribution in [3.63, 3.8) is 0 Å². The highest BCUT2D eigenvalue weighted by Crippen LogP contribution is 2.55. The van der Waals surface area contributed by atoms with Crippen molar-refractivity contribution < 1.29 is 4.42 Å². The van der Waals surface area contributed by atoms with E-state index in [0.717, 1.165) is 39.0 Å². The SMILES string of the molecule is CC1(C)c2ccccc2-c2cc(N(c3ccc(-c4ccccc4)cc3)c3cccc4oc5ccccc5c34)cc(-c3ccccc3)c21. The summed E-state index contributed by atoms with van der Waals surface area (Å²) in [6.45, 7) is 4.73. The van der Waals surface area contributed by atoms with E-state index in [1.165, 1.54) is 44.5 Å². The molecule has 2 nitrogen and oxygen atoms in total. The molecule has 224 valence electrons. The van der Waals surface area contributed by atoms with Gasteiger partial charge in [0, 0.05) is 22.2 Å². The molecule has 1 aromatic heterocycles. The first-order valence-corrected chi connectivity index (χ1v) is 16.3. The number of anilines is 3. The fourth-order valence-electron chi connectivity index (χ4n) is 7.69. The van der Waals surface area contributed by atoms with E-state index in [4.69, 9.17) is 4.42 Å². The van der Waals surface area contributed by atoms with Crippen LogP contribution in [-0.4, -0.2) is 0 Å². The smallest absolute Gasteiger partial charge is 0.137 e. The van der Waals surface area contributed by atoms with Gasteiger partial charge in [-0.25, -0.2) is 0 Å². The molecule has 0 unspecified atom stereocenters. The van der Waals surface area contributed by atoms with Crippen LogP contribution in [0, 0.1) is 0 Å². The second kappa shape index (κ2) is 10.6. The summed E-state index contributed by atoms with van der Waals surface area (Å²) in [5.74, 6) is 0. The third-order valence-corrected chi connectivity index (χ3v) is 9.84. The van der Waals surface area contributed by atoms with Gasteiger partial charge in [0.2, 0.25) is 0 Å². The highest BCUT2D eigenvalue weighted by atomic mass is 16.3. The standard InChI is InChI=1S/C45H33NO/c1-45(2)39-20-11-9-18-35(39)38-29-34(28-37(44(38)45)32-16-7-4-8-17-32)46(33-26-24-31(25-27-33)30-14-5-3-6-15-30)40-21-13-23-42-43(40)36-19-10-12-22-41(36)47-42/h3-29H,1-2H3. The Bertz CT molecular complexity index is 2420. The first-order valence-electron chi connectivity index (χ1n) is 16.3. The monoisotopic (exact) mass is 603 g/mol. The molecule has 0 saturated carbocycles. The van der Waals surface area contributed by atoms with Gasteiger partial charge in [0.05, 0.1) is 11.1 Å².